The average Bonchev–Trinajstić information content (AvgIpc) is 2.23. The van der Waals surface area contributed by atoms with Crippen LogP contribution in [0.3, 0.4) is 0 Å². The largest absolute Gasteiger partial charge is 0.390 e. The smallest absolute Gasteiger partial charge is 0.225 e. The van der Waals surface area contributed by atoms with E-state index in [1.165, 1.54) is 0 Å². The number of anilines is 1. The number of hydrogen-bond acceptors (Lipinski definition) is 4. The molecule has 1 saturated heterocycles. The van der Waals surface area contributed by atoms with Gasteiger partial charge in [0.25, 0.3) is 0 Å². The molecule has 1 aromatic rings. The normalized spacial score (nSPS) is 27.7. The zero-order valence-electron chi connectivity index (χ0n) is 7.67. The summed E-state index contributed by atoms with van der Waals surface area (Å²) in [5.74, 6) is 0.530. The highest BCUT2D eigenvalue weighted by Gasteiger charge is 2.28. The summed E-state index contributed by atoms with van der Waals surface area (Å²) in [7, 11) is 0. The minimum absolute atomic E-state index is 0.172. The van der Waals surface area contributed by atoms with E-state index >= 15 is 0 Å². The fourth-order valence-electron chi connectivity index (χ4n) is 1.53. The van der Waals surface area contributed by atoms with Gasteiger partial charge in [0, 0.05) is 18.9 Å². The molecule has 0 bridgehead atoms. The first-order valence-corrected chi connectivity index (χ1v) is 4.61. The van der Waals surface area contributed by atoms with Gasteiger partial charge in [0.1, 0.15) is 6.17 Å². The molecule has 2 rings (SSSR count). The molecule has 1 aliphatic heterocycles. The number of aliphatic hydroxyl groups is 1. The maximum absolute atomic E-state index is 13.2. The molecule has 1 N–H and O–H groups in total. The van der Waals surface area contributed by atoms with Gasteiger partial charge in [-0.2, -0.15) is 0 Å². The Kier molecular flexibility index (Phi) is 2.58. The van der Waals surface area contributed by atoms with Crippen LogP contribution in [0.1, 0.15) is 6.42 Å². The number of aromatic nitrogens is 2. The van der Waals surface area contributed by atoms with E-state index in [2.05, 4.69) is 9.97 Å². The predicted molar refractivity (Wildman–Crippen MR) is 49.8 cm³/mol. The highest BCUT2D eigenvalue weighted by molar-refractivity contribution is 5.29. The van der Waals surface area contributed by atoms with Crippen molar-refractivity contribution >= 4 is 5.95 Å². The topological polar surface area (TPSA) is 49.2 Å². The van der Waals surface area contributed by atoms with Crippen LogP contribution in [0.25, 0.3) is 0 Å². The molecular weight excluding hydrogens is 185 g/mol. The van der Waals surface area contributed by atoms with Crippen molar-refractivity contribution in [3.8, 4) is 0 Å². The molecule has 0 radical (unpaired) electrons. The van der Waals surface area contributed by atoms with Gasteiger partial charge in [-0.3, -0.25) is 0 Å². The number of aliphatic hydroxyl groups excluding tert-OH is 1. The first-order chi connectivity index (χ1) is 6.77. The van der Waals surface area contributed by atoms with Gasteiger partial charge in [0.05, 0.1) is 12.6 Å². The van der Waals surface area contributed by atoms with Crippen LogP contribution in [0.2, 0.25) is 0 Å². The van der Waals surface area contributed by atoms with E-state index in [1.54, 1.807) is 23.4 Å². The van der Waals surface area contributed by atoms with Crippen LogP contribution in [0, 0.1) is 0 Å². The van der Waals surface area contributed by atoms with Crippen molar-refractivity contribution in [2.24, 2.45) is 0 Å². The second-order valence-corrected chi connectivity index (χ2v) is 3.37. The molecule has 0 amide bonds. The van der Waals surface area contributed by atoms with E-state index in [-0.39, 0.29) is 6.54 Å². The molecule has 1 fully saturated rings. The predicted octanol–water partition coefficient (Wildman–Crippen LogP) is 0.386. The molecule has 0 saturated carbocycles. The summed E-state index contributed by atoms with van der Waals surface area (Å²) in [5, 5.41) is 9.20. The van der Waals surface area contributed by atoms with Gasteiger partial charge in [-0.25, -0.2) is 14.4 Å². The molecule has 0 spiro atoms. The van der Waals surface area contributed by atoms with Crippen LogP contribution in [0.15, 0.2) is 18.5 Å². The van der Waals surface area contributed by atoms with Crippen molar-refractivity contribution in [2.45, 2.75) is 18.7 Å². The lowest BCUT2D eigenvalue weighted by atomic mass is 10.1. The molecular formula is C9H12FN3O. The van der Waals surface area contributed by atoms with Crippen LogP contribution >= 0.6 is 0 Å². The Morgan fingerprint density at radius 2 is 2.14 bits per heavy atom. The fraction of sp³-hybridized carbons (Fsp3) is 0.556. The van der Waals surface area contributed by atoms with Gasteiger partial charge in [0.15, 0.2) is 0 Å². The number of rotatable bonds is 1. The molecule has 0 aliphatic carbocycles. The highest BCUT2D eigenvalue weighted by Crippen LogP contribution is 2.17. The SMILES string of the molecule is O[C@@H]1CCN(c2ncccn2)C[C@@H]1F. The molecule has 1 aromatic heterocycles. The van der Waals surface area contributed by atoms with Gasteiger partial charge in [0.2, 0.25) is 5.95 Å². The van der Waals surface area contributed by atoms with Crippen LogP contribution in [0.5, 0.6) is 0 Å². The van der Waals surface area contributed by atoms with Crippen LogP contribution in [0.4, 0.5) is 10.3 Å². The number of alkyl halides is 1. The lowest BCUT2D eigenvalue weighted by Gasteiger charge is -2.31. The Labute approximate surface area is 81.4 Å². The summed E-state index contributed by atoms with van der Waals surface area (Å²) in [6.45, 7) is 0.775. The monoisotopic (exact) mass is 197 g/mol. The summed E-state index contributed by atoms with van der Waals surface area (Å²) < 4.78 is 13.2. The van der Waals surface area contributed by atoms with Crippen molar-refractivity contribution in [2.75, 3.05) is 18.0 Å². The Bertz CT molecular complexity index is 295. The van der Waals surface area contributed by atoms with Crippen molar-refractivity contribution in [1.29, 1.82) is 0 Å². The van der Waals surface area contributed by atoms with Crippen molar-refractivity contribution < 1.29 is 9.50 Å². The minimum Gasteiger partial charge on any atom is -0.390 e. The van der Waals surface area contributed by atoms with E-state index in [0.29, 0.717) is 18.9 Å². The zero-order valence-corrected chi connectivity index (χ0v) is 7.67. The van der Waals surface area contributed by atoms with Crippen LogP contribution in [-0.2, 0) is 0 Å². The summed E-state index contributed by atoms with van der Waals surface area (Å²) in [4.78, 5) is 9.80. The third kappa shape index (κ3) is 1.82. The summed E-state index contributed by atoms with van der Waals surface area (Å²) in [5.41, 5.74) is 0. The van der Waals surface area contributed by atoms with E-state index in [0.717, 1.165) is 0 Å². The lowest BCUT2D eigenvalue weighted by Crippen LogP contribution is -2.45. The standard InChI is InChI=1S/C9H12FN3O/c10-7-6-13(5-2-8(7)14)9-11-3-1-4-12-9/h1,3-4,7-8,14H,2,5-6H2/t7-,8+/m0/s1. The summed E-state index contributed by atoms with van der Waals surface area (Å²) in [6.07, 6.45) is 1.64. The second-order valence-electron chi connectivity index (χ2n) is 3.37. The molecule has 2 atom stereocenters. The quantitative estimate of drug-likeness (QED) is 0.707. The average molecular weight is 197 g/mol. The van der Waals surface area contributed by atoms with E-state index in [1.807, 2.05) is 0 Å². The first kappa shape index (κ1) is 9.33. The number of hydrogen-bond donors (Lipinski definition) is 1. The molecule has 0 aromatic carbocycles. The van der Waals surface area contributed by atoms with Crippen LogP contribution in [-0.4, -0.2) is 40.4 Å². The van der Waals surface area contributed by atoms with Gasteiger partial charge in [-0.1, -0.05) is 0 Å². The molecule has 5 heteroatoms. The molecule has 76 valence electrons. The Morgan fingerprint density at radius 1 is 1.43 bits per heavy atom. The maximum atomic E-state index is 13.2. The van der Waals surface area contributed by atoms with E-state index in [4.69, 9.17) is 0 Å². The van der Waals surface area contributed by atoms with Crippen molar-refractivity contribution in [3.05, 3.63) is 18.5 Å². The first-order valence-electron chi connectivity index (χ1n) is 4.61. The van der Waals surface area contributed by atoms with Gasteiger partial charge < -0.3 is 10.0 Å². The van der Waals surface area contributed by atoms with Crippen molar-refractivity contribution in [3.63, 3.8) is 0 Å². The molecule has 0 unspecified atom stereocenters. The number of halogens is 1. The highest BCUT2D eigenvalue weighted by atomic mass is 19.1. The molecule has 4 nitrogen and oxygen atoms in total. The van der Waals surface area contributed by atoms with E-state index in [9.17, 15) is 9.50 Å². The Hall–Kier alpha value is -1.23. The minimum atomic E-state index is -1.20. The summed E-state index contributed by atoms with van der Waals surface area (Å²) >= 11 is 0. The number of piperidine rings is 1. The molecule has 2 heterocycles. The van der Waals surface area contributed by atoms with Gasteiger partial charge in [-0.15, -0.1) is 0 Å². The third-order valence-electron chi connectivity index (χ3n) is 2.34. The fourth-order valence-corrected chi connectivity index (χ4v) is 1.53. The molecule has 1 aliphatic rings. The second kappa shape index (κ2) is 3.88. The molecule has 14 heavy (non-hydrogen) atoms. The Balaban J connectivity index is 2.07. The Morgan fingerprint density at radius 3 is 2.79 bits per heavy atom. The van der Waals surface area contributed by atoms with E-state index < -0.39 is 12.3 Å². The van der Waals surface area contributed by atoms with Gasteiger partial charge >= 0.3 is 0 Å². The summed E-state index contributed by atoms with van der Waals surface area (Å²) in [6, 6.07) is 1.72. The van der Waals surface area contributed by atoms with Gasteiger partial charge in [-0.05, 0) is 12.5 Å². The maximum Gasteiger partial charge on any atom is 0.225 e. The zero-order chi connectivity index (χ0) is 9.97. The van der Waals surface area contributed by atoms with Crippen molar-refractivity contribution in [1.82, 2.24) is 9.97 Å². The third-order valence-corrected chi connectivity index (χ3v) is 2.34. The number of nitrogens with zero attached hydrogens (tertiary/aromatic N) is 3. The van der Waals surface area contributed by atoms with Crippen LogP contribution < -0.4 is 4.90 Å². The lowest BCUT2D eigenvalue weighted by molar-refractivity contribution is 0.0611.